The Hall–Kier alpha value is 0.210. The maximum absolute atomic E-state index is 5.64. The normalized spacial score (nSPS) is 13.5. The van der Waals surface area contributed by atoms with Gasteiger partial charge in [0.15, 0.2) is 0 Å². The molecule has 0 aromatic heterocycles. The van der Waals surface area contributed by atoms with E-state index in [-0.39, 0.29) is 0 Å². The fourth-order valence-corrected chi connectivity index (χ4v) is 0.906. The highest BCUT2D eigenvalue weighted by Gasteiger charge is 2.03. The predicted octanol–water partition coefficient (Wildman–Crippen LogP) is 1.24. The number of hydrogen-bond acceptors (Lipinski definition) is 2. The lowest BCUT2D eigenvalue weighted by atomic mass is 10.3. The minimum absolute atomic E-state index is 0.312. The zero-order valence-corrected chi connectivity index (χ0v) is 7.45. The summed E-state index contributed by atoms with van der Waals surface area (Å²) in [6.07, 6.45) is 1.14. The summed E-state index contributed by atoms with van der Waals surface area (Å²) in [4.78, 5) is 0. The molecule has 0 spiro atoms. The van der Waals surface area contributed by atoms with Crippen LogP contribution in [0.15, 0.2) is 0 Å². The number of rotatable bonds is 6. The molecule has 2 nitrogen and oxygen atoms in total. The first kappa shape index (κ1) is 10.2. The van der Waals surface area contributed by atoms with E-state index in [0.717, 1.165) is 13.0 Å². The van der Waals surface area contributed by atoms with Crippen LogP contribution in [0.3, 0.4) is 0 Å². The third-order valence-electron chi connectivity index (χ3n) is 1.24. The van der Waals surface area contributed by atoms with Gasteiger partial charge in [-0.3, -0.25) is 0 Å². The zero-order chi connectivity index (χ0) is 7.82. The van der Waals surface area contributed by atoms with Crippen molar-refractivity contribution in [3.63, 3.8) is 0 Å². The van der Waals surface area contributed by atoms with Gasteiger partial charge < -0.3 is 10.1 Å². The Balaban J connectivity index is 3.21. The van der Waals surface area contributed by atoms with Gasteiger partial charge in [0.2, 0.25) is 0 Å². The topological polar surface area (TPSA) is 21.3 Å². The van der Waals surface area contributed by atoms with Crippen LogP contribution < -0.4 is 5.32 Å². The minimum Gasteiger partial charge on any atom is -0.383 e. The predicted molar refractivity (Wildman–Crippen MR) is 44.7 cm³/mol. The van der Waals surface area contributed by atoms with E-state index in [9.17, 15) is 0 Å². The van der Waals surface area contributed by atoms with Crippen LogP contribution in [0.5, 0.6) is 0 Å². The van der Waals surface area contributed by atoms with E-state index in [1.165, 1.54) is 0 Å². The fraction of sp³-hybridized carbons (Fsp3) is 1.00. The van der Waals surface area contributed by atoms with E-state index in [1.807, 2.05) is 0 Å². The Kier molecular flexibility index (Phi) is 7.47. The Morgan fingerprint density at radius 2 is 2.30 bits per heavy atom. The van der Waals surface area contributed by atoms with E-state index >= 15 is 0 Å². The summed E-state index contributed by atoms with van der Waals surface area (Å²) < 4.78 is 4.94. The second-order valence-electron chi connectivity index (χ2n) is 2.26. The van der Waals surface area contributed by atoms with Crippen LogP contribution in [0.4, 0.5) is 0 Å². The molecule has 0 rings (SSSR count). The van der Waals surface area contributed by atoms with Gasteiger partial charge in [-0.05, 0) is 13.0 Å². The summed E-state index contributed by atoms with van der Waals surface area (Å²) in [5.41, 5.74) is 0. The monoisotopic (exact) mass is 165 g/mol. The van der Waals surface area contributed by atoms with Crippen molar-refractivity contribution in [2.75, 3.05) is 26.1 Å². The molecule has 0 aromatic carbocycles. The highest BCUT2D eigenvalue weighted by atomic mass is 35.5. The van der Waals surface area contributed by atoms with Crippen molar-refractivity contribution in [3.8, 4) is 0 Å². The second kappa shape index (κ2) is 7.32. The Morgan fingerprint density at radius 3 is 2.70 bits per heavy atom. The third-order valence-corrected chi connectivity index (χ3v) is 1.61. The number of ether oxygens (including phenoxy) is 1. The van der Waals surface area contributed by atoms with Crippen LogP contribution in [-0.4, -0.2) is 32.2 Å². The van der Waals surface area contributed by atoms with Crippen molar-refractivity contribution in [2.45, 2.75) is 19.4 Å². The smallest absolute Gasteiger partial charge is 0.0627 e. The molecule has 10 heavy (non-hydrogen) atoms. The molecule has 0 aliphatic carbocycles. The quantitative estimate of drug-likeness (QED) is 0.598. The highest BCUT2D eigenvalue weighted by molar-refractivity contribution is 6.18. The molecule has 0 radical (unpaired) electrons. The van der Waals surface area contributed by atoms with Gasteiger partial charge in [-0.2, -0.15) is 0 Å². The van der Waals surface area contributed by atoms with Crippen molar-refractivity contribution >= 4 is 11.6 Å². The Bertz CT molecular complexity index is 70.6. The van der Waals surface area contributed by atoms with Gasteiger partial charge in [-0.25, -0.2) is 0 Å². The van der Waals surface area contributed by atoms with E-state index in [2.05, 4.69) is 12.2 Å². The van der Waals surface area contributed by atoms with E-state index in [4.69, 9.17) is 16.3 Å². The lowest BCUT2D eigenvalue weighted by Gasteiger charge is -2.13. The van der Waals surface area contributed by atoms with Crippen LogP contribution in [0.2, 0.25) is 0 Å². The summed E-state index contributed by atoms with van der Waals surface area (Å²) in [5.74, 6) is 0.619. The van der Waals surface area contributed by atoms with Gasteiger partial charge in [0, 0.05) is 19.0 Å². The van der Waals surface area contributed by atoms with Crippen LogP contribution in [0.25, 0.3) is 0 Å². The maximum atomic E-state index is 5.64. The number of halogens is 1. The molecule has 1 unspecified atom stereocenters. The molecule has 62 valence electrons. The fourth-order valence-electron chi connectivity index (χ4n) is 0.708. The molecule has 0 aromatic rings. The molecule has 3 heteroatoms. The van der Waals surface area contributed by atoms with Gasteiger partial charge in [0.25, 0.3) is 0 Å². The summed E-state index contributed by atoms with van der Waals surface area (Å²) in [6, 6.07) is 0.312. The van der Waals surface area contributed by atoms with Crippen LogP contribution >= 0.6 is 11.6 Å². The zero-order valence-electron chi connectivity index (χ0n) is 6.69. The molecule has 1 N–H and O–H groups in total. The van der Waals surface area contributed by atoms with Crippen molar-refractivity contribution in [3.05, 3.63) is 0 Å². The van der Waals surface area contributed by atoms with Crippen LogP contribution in [0.1, 0.15) is 13.3 Å². The van der Waals surface area contributed by atoms with Crippen LogP contribution in [0, 0.1) is 0 Å². The Labute approximate surface area is 67.9 Å². The average molecular weight is 166 g/mol. The molecular weight excluding hydrogens is 150 g/mol. The average Bonchev–Trinajstić information content (AvgIpc) is 1.98. The molecule has 1 atom stereocenters. The molecule has 0 aliphatic rings. The first-order chi connectivity index (χ1) is 4.85. The summed E-state index contributed by atoms with van der Waals surface area (Å²) in [5, 5.41) is 3.26. The second-order valence-corrected chi connectivity index (χ2v) is 2.57. The molecule has 0 fully saturated rings. The van der Waals surface area contributed by atoms with E-state index in [1.54, 1.807) is 7.11 Å². The summed E-state index contributed by atoms with van der Waals surface area (Å²) in [6.45, 7) is 3.84. The minimum atomic E-state index is 0.312. The largest absolute Gasteiger partial charge is 0.383 e. The van der Waals surface area contributed by atoms with E-state index in [0.29, 0.717) is 18.5 Å². The van der Waals surface area contributed by atoms with Gasteiger partial charge in [-0.1, -0.05) is 6.92 Å². The number of alkyl halides is 1. The number of nitrogens with one attached hydrogen (secondary N) is 1. The first-order valence-corrected chi connectivity index (χ1v) is 4.16. The van der Waals surface area contributed by atoms with Crippen molar-refractivity contribution < 1.29 is 4.74 Å². The molecule has 0 bridgehead atoms. The van der Waals surface area contributed by atoms with Crippen molar-refractivity contribution in [1.29, 1.82) is 0 Å². The van der Waals surface area contributed by atoms with Crippen LogP contribution in [-0.2, 0) is 4.74 Å². The highest BCUT2D eigenvalue weighted by Crippen LogP contribution is 1.88. The number of methoxy groups -OCH3 is 1. The van der Waals surface area contributed by atoms with Crippen molar-refractivity contribution in [2.24, 2.45) is 0 Å². The molecule has 0 amide bonds. The van der Waals surface area contributed by atoms with Gasteiger partial charge in [0.1, 0.15) is 0 Å². The Morgan fingerprint density at radius 1 is 1.60 bits per heavy atom. The third kappa shape index (κ3) is 5.03. The molecule has 0 aliphatic heterocycles. The molecule has 0 saturated carbocycles. The van der Waals surface area contributed by atoms with Crippen molar-refractivity contribution in [1.82, 2.24) is 5.32 Å². The van der Waals surface area contributed by atoms with Gasteiger partial charge in [0.05, 0.1) is 6.61 Å². The number of hydrogen-bond donors (Lipinski definition) is 1. The lowest BCUT2D eigenvalue weighted by Crippen LogP contribution is -2.35. The van der Waals surface area contributed by atoms with Gasteiger partial charge >= 0.3 is 0 Å². The molecule has 0 saturated heterocycles. The lowest BCUT2D eigenvalue weighted by molar-refractivity contribution is 0.173. The first-order valence-electron chi connectivity index (χ1n) is 3.63. The molecular formula is C7H16ClNO. The maximum Gasteiger partial charge on any atom is 0.0627 e. The van der Waals surface area contributed by atoms with Gasteiger partial charge in [-0.15, -0.1) is 11.6 Å². The van der Waals surface area contributed by atoms with E-state index < -0.39 is 0 Å². The standard InChI is InChI=1S/C7H16ClNO/c1-3-4-9-7(5-8)6-10-2/h7,9H,3-6H2,1-2H3. The molecule has 0 heterocycles. The summed E-state index contributed by atoms with van der Waals surface area (Å²) in [7, 11) is 1.69. The summed E-state index contributed by atoms with van der Waals surface area (Å²) >= 11 is 5.64. The SMILES string of the molecule is CCCNC(CCl)COC.